The molecule has 2 fully saturated rings. The van der Waals surface area contributed by atoms with Crippen LogP contribution < -0.4 is 4.90 Å². The van der Waals surface area contributed by atoms with Crippen LogP contribution in [0.15, 0.2) is 41.5 Å². The van der Waals surface area contributed by atoms with Gasteiger partial charge < -0.3 is 0 Å². The first-order valence-corrected chi connectivity index (χ1v) is 9.26. The first-order chi connectivity index (χ1) is 11.6. The molecule has 0 spiro atoms. The molecule has 24 heavy (non-hydrogen) atoms. The Labute approximate surface area is 142 Å². The third kappa shape index (κ3) is 1.63. The van der Waals surface area contributed by atoms with Crippen molar-refractivity contribution in [3.05, 3.63) is 41.5 Å². The minimum atomic E-state index is -0.161. The quantitative estimate of drug-likeness (QED) is 0.583. The van der Waals surface area contributed by atoms with Crippen LogP contribution in [0.5, 0.6) is 0 Å². The predicted octanol–water partition coefficient (Wildman–Crippen LogP) is 3.80. The summed E-state index contributed by atoms with van der Waals surface area (Å²) in [7, 11) is 0. The van der Waals surface area contributed by atoms with E-state index in [-0.39, 0.29) is 35.5 Å². The van der Waals surface area contributed by atoms with Crippen molar-refractivity contribution in [2.24, 2.45) is 35.5 Å². The molecule has 2 amide bonds. The fourth-order valence-corrected chi connectivity index (χ4v) is 6.27. The van der Waals surface area contributed by atoms with Crippen LogP contribution in [-0.4, -0.2) is 11.8 Å². The van der Waals surface area contributed by atoms with E-state index >= 15 is 0 Å². The van der Waals surface area contributed by atoms with Crippen molar-refractivity contribution in [3.8, 4) is 0 Å². The predicted molar refractivity (Wildman–Crippen MR) is 92.1 cm³/mol. The van der Waals surface area contributed by atoms with Gasteiger partial charge in [0, 0.05) is 0 Å². The fraction of sp³-hybridized carbons (Fsp3) is 0.524. The summed E-state index contributed by atoms with van der Waals surface area (Å²) in [6.07, 6.45) is 3.83. The Balaban J connectivity index is 1.60. The van der Waals surface area contributed by atoms with Crippen molar-refractivity contribution in [3.63, 3.8) is 0 Å². The summed E-state index contributed by atoms with van der Waals surface area (Å²) in [5.74, 6) is 1.52. The highest BCUT2D eigenvalue weighted by atomic mass is 16.2. The molecule has 1 aromatic rings. The first kappa shape index (κ1) is 14.4. The molecular weight excluding hydrogens is 298 g/mol. The van der Waals surface area contributed by atoms with E-state index in [2.05, 4.69) is 13.8 Å². The molecule has 3 heteroatoms. The molecule has 4 aliphatic rings. The Morgan fingerprint density at radius 3 is 1.83 bits per heavy atom. The van der Waals surface area contributed by atoms with Crippen molar-refractivity contribution in [2.45, 2.75) is 33.1 Å². The van der Waals surface area contributed by atoms with E-state index in [1.54, 1.807) is 11.1 Å². The van der Waals surface area contributed by atoms with Gasteiger partial charge in [-0.05, 0) is 55.1 Å². The highest BCUT2D eigenvalue weighted by Gasteiger charge is 2.59. The Hall–Kier alpha value is -1.90. The molecule has 1 aromatic carbocycles. The third-order valence-electron chi connectivity index (χ3n) is 7.12. The van der Waals surface area contributed by atoms with Crippen LogP contribution in [0.2, 0.25) is 0 Å². The van der Waals surface area contributed by atoms with Crippen molar-refractivity contribution >= 4 is 17.5 Å². The number of amides is 2. The molecule has 124 valence electrons. The van der Waals surface area contributed by atoms with Gasteiger partial charge in [0.1, 0.15) is 0 Å². The molecule has 1 aliphatic heterocycles. The zero-order chi connectivity index (χ0) is 16.6. The van der Waals surface area contributed by atoms with Gasteiger partial charge in [-0.2, -0.15) is 0 Å². The number of allylic oxidation sites excluding steroid dienone is 2. The first-order valence-electron chi connectivity index (χ1n) is 9.26. The lowest BCUT2D eigenvalue weighted by Crippen LogP contribution is -2.38. The number of rotatable bonds is 1. The van der Waals surface area contributed by atoms with Gasteiger partial charge in [-0.15, -0.1) is 0 Å². The van der Waals surface area contributed by atoms with Crippen molar-refractivity contribution < 1.29 is 9.59 Å². The van der Waals surface area contributed by atoms with E-state index < -0.39 is 0 Å². The van der Waals surface area contributed by atoms with Crippen LogP contribution >= 0.6 is 0 Å². The Morgan fingerprint density at radius 2 is 1.33 bits per heavy atom. The second kappa shape index (κ2) is 4.81. The molecule has 0 aromatic heterocycles. The topological polar surface area (TPSA) is 37.4 Å². The lowest BCUT2D eigenvalue weighted by molar-refractivity contribution is -0.122. The van der Waals surface area contributed by atoms with Gasteiger partial charge in [-0.1, -0.05) is 43.2 Å². The van der Waals surface area contributed by atoms with Crippen molar-refractivity contribution in [2.75, 3.05) is 4.90 Å². The van der Waals surface area contributed by atoms with E-state index in [0.29, 0.717) is 11.8 Å². The summed E-state index contributed by atoms with van der Waals surface area (Å²) in [4.78, 5) is 27.8. The highest BCUT2D eigenvalue weighted by Crippen LogP contribution is 2.61. The summed E-state index contributed by atoms with van der Waals surface area (Å²) < 4.78 is 0. The van der Waals surface area contributed by atoms with Crippen LogP contribution in [0, 0.1) is 35.5 Å². The van der Waals surface area contributed by atoms with E-state index in [9.17, 15) is 9.59 Å². The van der Waals surface area contributed by atoms with Crippen molar-refractivity contribution in [1.82, 2.24) is 0 Å². The van der Waals surface area contributed by atoms with E-state index in [0.717, 1.165) is 5.69 Å². The highest BCUT2D eigenvalue weighted by molar-refractivity contribution is 6.22. The number of fused-ring (bicyclic) bond motifs is 5. The fourth-order valence-electron chi connectivity index (χ4n) is 6.27. The smallest absolute Gasteiger partial charge is 0.238 e. The molecule has 3 nitrogen and oxygen atoms in total. The van der Waals surface area contributed by atoms with Crippen LogP contribution in [0.1, 0.15) is 33.1 Å². The number of carbonyl (C=O) groups is 2. The van der Waals surface area contributed by atoms with Gasteiger partial charge >= 0.3 is 0 Å². The van der Waals surface area contributed by atoms with Crippen LogP contribution in [0.25, 0.3) is 0 Å². The Kier molecular flexibility index (Phi) is 2.89. The number of imide groups is 1. The maximum atomic E-state index is 13.2. The lowest BCUT2D eigenvalue weighted by Gasteiger charge is -2.39. The molecule has 6 atom stereocenters. The normalized spacial score (nSPS) is 40.3. The van der Waals surface area contributed by atoms with E-state index in [1.807, 2.05) is 30.3 Å². The number of benzene rings is 1. The van der Waals surface area contributed by atoms with Gasteiger partial charge in [0.15, 0.2) is 0 Å². The average Bonchev–Trinajstić information content (AvgIpc) is 3.26. The second-order valence-corrected chi connectivity index (χ2v) is 8.09. The number of nitrogens with zero attached hydrogens (tertiary/aromatic N) is 1. The van der Waals surface area contributed by atoms with Gasteiger partial charge in [0.05, 0.1) is 17.5 Å². The lowest BCUT2D eigenvalue weighted by atomic mass is 9.62. The van der Waals surface area contributed by atoms with Gasteiger partial charge in [-0.3, -0.25) is 14.5 Å². The van der Waals surface area contributed by atoms with Crippen LogP contribution in [-0.2, 0) is 9.59 Å². The Morgan fingerprint density at radius 1 is 0.833 bits per heavy atom. The largest absolute Gasteiger partial charge is 0.274 e. The second-order valence-electron chi connectivity index (χ2n) is 8.09. The summed E-state index contributed by atoms with van der Waals surface area (Å²) >= 11 is 0. The molecule has 3 aliphatic carbocycles. The summed E-state index contributed by atoms with van der Waals surface area (Å²) in [5.41, 5.74) is 3.83. The molecular formula is C21H23NO2. The number of hydrogen-bond acceptors (Lipinski definition) is 2. The zero-order valence-corrected chi connectivity index (χ0v) is 14.2. The molecule has 0 radical (unpaired) electrons. The number of anilines is 1. The number of para-hydroxylation sites is 1. The molecule has 0 unspecified atom stereocenters. The minimum absolute atomic E-state index is 0.0184. The molecule has 0 N–H and O–H groups in total. The number of carbonyl (C=O) groups excluding carboxylic acids is 2. The van der Waals surface area contributed by atoms with Crippen LogP contribution in [0.3, 0.4) is 0 Å². The molecule has 5 rings (SSSR count). The molecule has 1 saturated heterocycles. The molecule has 1 saturated carbocycles. The standard InChI is InChI=1S/C21H23NO2/c1-11-16-13-8-9-14(10-13)17(16)12(2)19-18(11)20(23)22(21(19)24)15-6-4-3-5-7-15/h3-7,11-14,18-19H,8-10H2,1-2H3/t11-,12+,13-,14-,18-,19-/m1/s1. The van der Waals surface area contributed by atoms with E-state index in [1.165, 1.54) is 24.2 Å². The monoisotopic (exact) mass is 321 g/mol. The number of hydrogen-bond donors (Lipinski definition) is 0. The summed E-state index contributed by atoms with van der Waals surface area (Å²) in [5, 5.41) is 0. The van der Waals surface area contributed by atoms with Gasteiger partial charge in [0.2, 0.25) is 11.8 Å². The van der Waals surface area contributed by atoms with Gasteiger partial charge in [0.25, 0.3) is 0 Å². The molecule has 1 heterocycles. The van der Waals surface area contributed by atoms with Crippen LogP contribution in [0.4, 0.5) is 5.69 Å². The summed E-state index contributed by atoms with van der Waals surface area (Å²) in [6, 6.07) is 9.44. The SMILES string of the molecule is C[C@@H]1C2=C([C@@H]3CC[C@@H]2C3)[C@H](C)[C@H]2C(=O)N(c3ccccc3)C(=O)[C@@H]21. The third-order valence-corrected chi connectivity index (χ3v) is 7.12. The summed E-state index contributed by atoms with van der Waals surface area (Å²) in [6.45, 7) is 4.39. The van der Waals surface area contributed by atoms with Gasteiger partial charge in [-0.25, -0.2) is 0 Å². The molecule has 2 bridgehead atoms. The maximum absolute atomic E-state index is 13.2. The zero-order valence-electron chi connectivity index (χ0n) is 14.2. The van der Waals surface area contributed by atoms with E-state index in [4.69, 9.17) is 0 Å². The Bertz CT molecular complexity index is 721. The maximum Gasteiger partial charge on any atom is 0.238 e. The van der Waals surface area contributed by atoms with Crippen molar-refractivity contribution in [1.29, 1.82) is 0 Å². The average molecular weight is 321 g/mol. The minimum Gasteiger partial charge on any atom is -0.274 e.